The van der Waals surface area contributed by atoms with E-state index in [1.54, 1.807) is 0 Å². The Balaban J connectivity index is 1.57. The van der Waals surface area contributed by atoms with Crippen LogP contribution in [-0.4, -0.2) is 215 Å². The summed E-state index contributed by atoms with van der Waals surface area (Å²) in [6.07, 6.45) is 13.8. The summed E-state index contributed by atoms with van der Waals surface area (Å²) in [4.78, 5) is 38.5. The summed E-state index contributed by atoms with van der Waals surface area (Å²) >= 11 is 0. The molecule has 88 heavy (non-hydrogen) atoms. The Morgan fingerprint density at radius 3 is 1.53 bits per heavy atom. The molecule has 3 rings (SSSR count). The van der Waals surface area contributed by atoms with E-state index >= 15 is 0 Å². The molecule has 14 N–H and O–H groups in total. The van der Waals surface area contributed by atoms with Gasteiger partial charge in [-0.05, 0) is 38.5 Å². The molecule has 0 aromatic rings. The van der Waals surface area contributed by atoms with Gasteiger partial charge in [-0.1, -0.05) is 199 Å². The number of carboxylic acid groups (broad SMARTS) is 1. The molecular weight excluding hydrogens is 1140 g/mol. The van der Waals surface area contributed by atoms with Crippen LogP contribution in [0.25, 0.3) is 0 Å². The van der Waals surface area contributed by atoms with Crippen LogP contribution in [0.2, 0.25) is 0 Å². The zero-order valence-corrected chi connectivity index (χ0v) is 53.6. The molecule has 3 heterocycles. The molecule has 0 radical (unpaired) electrons. The molecule has 0 aliphatic carbocycles. The Morgan fingerprint density at radius 2 is 1.06 bits per heavy atom. The quantitative estimate of drug-likeness (QED) is 0.0264. The summed E-state index contributed by atoms with van der Waals surface area (Å²) in [6, 6.07) is -2.53. The van der Waals surface area contributed by atoms with Crippen molar-refractivity contribution in [2.45, 2.75) is 355 Å². The Hall–Kier alpha value is -2.53. The molecule has 0 saturated carbocycles. The van der Waals surface area contributed by atoms with Crippen molar-refractivity contribution in [1.82, 2.24) is 10.6 Å². The molecule has 3 saturated heterocycles. The summed E-state index contributed by atoms with van der Waals surface area (Å²) in [5, 5.41) is 136. The van der Waals surface area contributed by atoms with Crippen LogP contribution in [0, 0.1) is 0 Å². The number of unbranched alkanes of at least 4 members (excludes halogenated alkanes) is 29. The standard InChI is InChI=1S/C65H120N2O21/c1-4-6-8-10-12-14-16-17-18-19-20-21-22-23-24-25-26-27-29-31-33-35-37-39-52(75)67-46(47(72)38-36-34-32-30-28-15-13-11-9-7-5-2)44-83-62-57(79)56(78)59(51(43-70)85-62)86-63-58(80)61(55(77)50(42-69)84-63)88-65(64(81)82)40-48(73)53(66-45(3)71)60(87-65)54(76)49(74)41-68/h23-24,46-51,53-63,68-70,72-74,76-80H,4-22,25-44H2,1-3H3,(H,66,71)(H,67,75)(H,81,82)/b24-23-. The summed E-state index contributed by atoms with van der Waals surface area (Å²) in [6.45, 7) is 2.18. The minimum atomic E-state index is -3.08. The van der Waals surface area contributed by atoms with E-state index in [0.29, 0.717) is 19.3 Å². The van der Waals surface area contributed by atoms with Gasteiger partial charge in [0.05, 0.1) is 50.7 Å². The number of aliphatic hydroxyl groups excluding tert-OH is 11. The van der Waals surface area contributed by atoms with Gasteiger partial charge < -0.3 is 100 Å². The van der Waals surface area contributed by atoms with Gasteiger partial charge in [0.2, 0.25) is 11.8 Å². The van der Waals surface area contributed by atoms with E-state index in [1.165, 1.54) is 116 Å². The van der Waals surface area contributed by atoms with Crippen LogP contribution in [-0.2, 0) is 42.8 Å². The molecule has 18 unspecified atom stereocenters. The van der Waals surface area contributed by atoms with E-state index in [2.05, 4.69) is 36.6 Å². The molecule has 0 aromatic heterocycles. The minimum Gasteiger partial charge on any atom is -0.477 e. The average molecular weight is 1270 g/mol. The van der Waals surface area contributed by atoms with E-state index in [1.807, 2.05) is 0 Å². The number of allylic oxidation sites excluding steroid dienone is 2. The first kappa shape index (κ1) is 79.7. The second-order valence-electron chi connectivity index (χ2n) is 25.0. The monoisotopic (exact) mass is 1260 g/mol. The highest BCUT2D eigenvalue weighted by molar-refractivity contribution is 5.77. The summed E-state index contributed by atoms with van der Waals surface area (Å²) < 4.78 is 34.8. The first-order valence-corrected chi connectivity index (χ1v) is 34.0. The maximum atomic E-state index is 13.4. The number of rotatable bonds is 51. The third-order valence-corrected chi connectivity index (χ3v) is 17.5. The lowest BCUT2D eigenvalue weighted by Gasteiger charge is -2.50. The molecule has 3 aliphatic heterocycles. The molecule has 3 aliphatic rings. The van der Waals surface area contributed by atoms with Gasteiger partial charge in [-0.25, -0.2) is 4.79 Å². The maximum Gasteiger partial charge on any atom is 0.364 e. The van der Waals surface area contributed by atoms with E-state index in [4.69, 9.17) is 28.4 Å². The van der Waals surface area contributed by atoms with Crippen molar-refractivity contribution in [3.8, 4) is 0 Å². The first-order valence-electron chi connectivity index (χ1n) is 34.0. The number of hydrogen-bond acceptors (Lipinski definition) is 20. The normalized spacial score (nSPS) is 29.0. The number of carbonyl (C=O) groups excluding carboxylic acids is 2. The van der Waals surface area contributed by atoms with Crippen LogP contribution in [0.4, 0.5) is 0 Å². The number of carbonyl (C=O) groups is 3. The third-order valence-electron chi connectivity index (χ3n) is 17.5. The van der Waals surface area contributed by atoms with Gasteiger partial charge in [0, 0.05) is 19.8 Å². The number of amides is 2. The molecule has 3 fully saturated rings. The summed E-state index contributed by atoms with van der Waals surface area (Å²) in [5.74, 6) is -6.10. The van der Waals surface area contributed by atoms with Crippen molar-refractivity contribution in [2.24, 2.45) is 0 Å². The fraction of sp³-hybridized carbons (Fsp3) is 0.923. The number of aliphatic carboxylic acids is 1. The number of carboxylic acids is 1. The van der Waals surface area contributed by atoms with Crippen molar-refractivity contribution >= 4 is 17.8 Å². The van der Waals surface area contributed by atoms with Crippen LogP contribution in [0.15, 0.2) is 12.2 Å². The van der Waals surface area contributed by atoms with Gasteiger partial charge in [-0.15, -0.1) is 0 Å². The summed E-state index contributed by atoms with van der Waals surface area (Å²) in [7, 11) is 0. The summed E-state index contributed by atoms with van der Waals surface area (Å²) in [5.41, 5.74) is 0. The maximum absolute atomic E-state index is 13.4. The van der Waals surface area contributed by atoms with Crippen LogP contribution >= 0.6 is 0 Å². The predicted molar refractivity (Wildman–Crippen MR) is 329 cm³/mol. The molecule has 0 aromatic carbocycles. The van der Waals surface area contributed by atoms with Gasteiger partial charge in [-0.3, -0.25) is 9.59 Å². The number of hydrogen-bond donors (Lipinski definition) is 14. The molecule has 23 heteroatoms. The van der Waals surface area contributed by atoms with Crippen LogP contribution in [0.5, 0.6) is 0 Å². The number of aliphatic hydroxyl groups is 11. The lowest BCUT2D eigenvalue weighted by Crippen LogP contribution is -2.70. The smallest absolute Gasteiger partial charge is 0.364 e. The van der Waals surface area contributed by atoms with Gasteiger partial charge in [0.25, 0.3) is 5.79 Å². The van der Waals surface area contributed by atoms with Gasteiger partial charge in [0.15, 0.2) is 12.6 Å². The molecule has 0 bridgehead atoms. The van der Waals surface area contributed by atoms with E-state index < -0.39 is 148 Å². The highest BCUT2D eigenvalue weighted by Gasteiger charge is 2.60. The lowest BCUT2D eigenvalue weighted by atomic mass is 9.88. The molecule has 18 atom stereocenters. The average Bonchev–Trinajstić information content (AvgIpc) is 3.62. The van der Waals surface area contributed by atoms with Crippen molar-refractivity contribution in [3.05, 3.63) is 12.2 Å². The minimum absolute atomic E-state index is 0.220. The number of ether oxygens (including phenoxy) is 6. The van der Waals surface area contributed by atoms with Crippen LogP contribution in [0.3, 0.4) is 0 Å². The lowest BCUT2D eigenvalue weighted by molar-refractivity contribution is -0.386. The Morgan fingerprint density at radius 1 is 0.580 bits per heavy atom. The Labute approximate surface area is 524 Å². The van der Waals surface area contributed by atoms with Gasteiger partial charge >= 0.3 is 5.97 Å². The molecule has 23 nitrogen and oxygen atoms in total. The molecule has 0 spiro atoms. The van der Waals surface area contributed by atoms with Gasteiger partial charge in [-0.2, -0.15) is 0 Å². The fourth-order valence-electron chi connectivity index (χ4n) is 12.0. The SMILES string of the molecule is CCCCCCCCCCCCCC/C=C\CCCCCCCCCC(=O)NC(COC1OC(CO)C(OC2OC(CO)C(O)C(OC3(C(=O)O)CC(O)C(NC(C)=O)C(C(O)C(O)CO)O3)C2O)C(O)C1O)C(O)CCCCCCCCCCCCC. The van der Waals surface area contributed by atoms with Crippen molar-refractivity contribution in [2.75, 3.05) is 26.4 Å². The Bertz CT molecular complexity index is 1840. The highest BCUT2D eigenvalue weighted by Crippen LogP contribution is 2.39. The second-order valence-corrected chi connectivity index (χ2v) is 25.0. The largest absolute Gasteiger partial charge is 0.477 e. The number of nitrogens with one attached hydrogen (secondary N) is 2. The van der Waals surface area contributed by atoms with Crippen LogP contribution < -0.4 is 10.6 Å². The first-order chi connectivity index (χ1) is 42.4. The molecule has 2 amide bonds. The third kappa shape index (κ3) is 29.2. The second kappa shape index (κ2) is 46.5. The zero-order valence-electron chi connectivity index (χ0n) is 53.6. The van der Waals surface area contributed by atoms with E-state index in [9.17, 15) is 75.7 Å². The van der Waals surface area contributed by atoms with Crippen LogP contribution in [0.1, 0.15) is 245 Å². The van der Waals surface area contributed by atoms with Gasteiger partial charge in [0.1, 0.15) is 67.1 Å². The Kier molecular flexibility index (Phi) is 42.1. The van der Waals surface area contributed by atoms with E-state index in [0.717, 1.165) is 84.0 Å². The van der Waals surface area contributed by atoms with Crippen molar-refractivity contribution < 1.29 is 104 Å². The zero-order chi connectivity index (χ0) is 64.7. The van der Waals surface area contributed by atoms with Crippen molar-refractivity contribution in [1.29, 1.82) is 0 Å². The topological polar surface area (TPSA) is 373 Å². The fourth-order valence-corrected chi connectivity index (χ4v) is 12.0. The molecular formula is C65H120N2O21. The van der Waals surface area contributed by atoms with E-state index in [-0.39, 0.29) is 18.9 Å². The molecule has 516 valence electrons. The highest BCUT2D eigenvalue weighted by atomic mass is 16.8. The predicted octanol–water partition coefficient (Wildman–Crippen LogP) is 5.51. The van der Waals surface area contributed by atoms with Crippen molar-refractivity contribution in [3.63, 3.8) is 0 Å².